The highest BCUT2D eigenvalue weighted by molar-refractivity contribution is 5.79. The van der Waals surface area contributed by atoms with Gasteiger partial charge in [-0.1, -0.05) is 42.8 Å². The molecule has 1 aromatic heterocycles. The third-order valence-corrected chi connectivity index (χ3v) is 4.91. The van der Waals surface area contributed by atoms with E-state index in [4.69, 9.17) is 4.74 Å². The molecular formula is C22H31N5O. The first-order chi connectivity index (χ1) is 13.8. The molecule has 3 rings (SSSR count). The van der Waals surface area contributed by atoms with Crippen LogP contribution in [0.1, 0.15) is 30.4 Å². The molecule has 6 nitrogen and oxygen atoms in total. The van der Waals surface area contributed by atoms with Crippen molar-refractivity contribution < 1.29 is 4.74 Å². The maximum absolute atomic E-state index is 5.93. The molecule has 1 fully saturated rings. The summed E-state index contributed by atoms with van der Waals surface area (Å²) in [5.41, 5.74) is 2.14. The number of pyridine rings is 1. The number of hydrogen-bond donors (Lipinski definition) is 2. The zero-order chi connectivity index (χ0) is 19.4. The summed E-state index contributed by atoms with van der Waals surface area (Å²) in [5, 5.41) is 6.76. The molecule has 0 bridgehead atoms. The molecule has 2 N–H and O–H groups in total. The predicted molar refractivity (Wildman–Crippen MR) is 114 cm³/mol. The van der Waals surface area contributed by atoms with Gasteiger partial charge in [0, 0.05) is 38.4 Å². The van der Waals surface area contributed by atoms with E-state index in [9.17, 15) is 0 Å². The number of benzene rings is 1. The SMILES string of the molecule is CN=C(NCCN1CCCCC1)NCc1cccnc1OCc1ccccc1. The van der Waals surface area contributed by atoms with Crippen molar-refractivity contribution in [1.29, 1.82) is 0 Å². The zero-order valence-electron chi connectivity index (χ0n) is 16.7. The summed E-state index contributed by atoms with van der Waals surface area (Å²) in [6, 6.07) is 14.1. The second-order valence-corrected chi connectivity index (χ2v) is 7.00. The number of piperidine rings is 1. The monoisotopic (exact) mass is 381 g/mol. The van der Waals surface area contributed by atoms with Crippen molar-refractivity contribution in [2.45, 2.75) is 32.4 Å². The lowest BCUT2D eigenvalue weighted by Gasteiger charge is -2.26. The maximum Gasteiger partial charge on any atom is 0.218 e. The topological polar surface area (TPSA) is 61.8 Å². The molecule has 0 aliphatic carbocycles. The van der Waals surface area contributed by atoms with Crippen molar-refractivity contribution in [3.05, 3.63) is 59.8 Å². The van der Waals surface area contributed by atoms with Crippen LogP contribution in [0.2, 0.25) is 0 Å². The van der Waals surface area contributed by atoms with Gasteiger partial charge in [0.15, 0.2) is 5.96 Å². The maximum atomic E-state index is 5.93. The van der Waals surface area contributed by atoms with Gasteiger partial charge in [-0.2, -0.15) is 0 Å². The van der Waals surface area contributed by atoms with Crippen LogP contribution in [-0.2, 0) is 13.2 Å². The Labute approximate surface area is 168 Å². The standard InChI is InChI=1S/C22H31N5O/c1-23-22(25-13-16-27-14-6-3-7-15-27)26-17-20-11-8-12-24-21(20)28-18-19-9-4-2-5-10-19/h2,4-5,8-12H,3,6-7,13-18H2,1H3,(H2,23,25,26). The fraction of sp³-hybridized carbons (Fsp3) is 0.455. The molecule has 6 heteroatoms. The first-order valence-electron chi connectivity index (χ1n) is 10.1. The van der Waals surface area contributed by atoms with Gasteiger partial charge in [0.25, 0.3) is 0 Å². The van der Waals surface area contributed by atoms with Crippen LogP contribution in [0, 0.1) is 0 Å². The average Bonchev–Trinajstić information content (AvgIpc) is 2.76. The van der Waals surface area contributed by atoms with Gasteiger partial charge in [0.2, 0.25) is 5.88 Å². The summed E-state index contributed by atoms with van der Waals surface area (Å²) in [7, 11) is 1.80. The molecular weight excluding hydrogens is 350 g/mol. The molecule has 1 saturated heterocycles. The van der Waals surface area contributed by atoms with Crippen molar-refractivity contribution in [2.75, 3.05) is 33.2 Å². The largest absolute Gasteiger partial charge is 0.473 e. The zero-order valence-corrected chi connectivity index (χ0v) is 16.7. The van der Waals surface area contributed by atoms with Crippen LogP contribution < -0.4 is 15.4 Å². The number of nitrogens with one attached hydrogen (secondary N) is 2. The lowest BCUT2D eigenvalue weighted by atomic mass is 10.1. The number of hydrogen-bond acceptors (Lipinski definition) is 4. The van der Waals surface area contributed by atoms with Crippen LogP contribution in [0.15, 0.2) is 53.7 Å². The molecule has 0 unspecified atom stereocenters. The number of nitrogens with zero attached hydrogens (tertiary/aromatic N) is 3. The van der Waals surface area contributed by atoms with Crippen molar-refractivity contribution in [3.8, 4) is 5.88 Å². The van der Waals surface area contributed by atoms with Gasteiger partial charge in [0.05, 0.1) is 0 Å². The third kappa shape index (κ3) is 6.53. The van der Waals surface area contributed by atoms with Gasteiger partial charge in [-0.15, -0.1) is 0 Å². The van der Waals surface area contributed by atoms with Crippen molar-refractivity contribution >= 4 is 5.96 Å². The van der Waals surface area contributed by atoms with Crippen molar-refractivity contribution in [3.63, 3.8) is 0 Å². The fourth-order valence-electron chi connectivity index (χ4n) is 3.33. The minimum atomic E-state index is 0.508. The molecule has 0 saturated carbocycles. The summed E-state index contributed by atoms with van der Waals surface area (Å²) >= 11 is 0. The minimum absolute atomic E-state index is 0.508. The van der Waals surface area contributed by atoms with E-state index in [1.54, 1.807) is 13.2 Å². The van der Waals surface area contributed by atoms with Crippen LogP contribution in [0.5, 0.6) is 5.88 Å². The molecule has 0 amide bonds. The summed E-state index contributed by atoms with van der Waals surface area (Å²) in [6.45, 7) is 5.50. The Bertz CT molecular complexity index is 729. The Morgan fingerprint density at radius 2 is 1.89 bits per heavy atom. The Morgan fingerprint density at radius 1 is 1.07 bits per heavy atom. The van der Waals surface area contributed by atoms with Crippen molar-refractivity contribution in [1.82, 2.24) is 20.5 Å². The van der Waals surface area contributed by atoms with Gasteiger partial charge in [0.1, 0.15) is 6.61 Å². The molecule has 2 aromatic rings. The van der Waals surface area contributed by atoms with E-state index in [1.165, 1.54) is 32.4 Å². The lowest BCUT2D eigenvalue weighted by molar-refractivity contribution is 0.232. The Kier molecular flexibility index (Phi) is 8.12. The second kappa shape index (κ2) is 11.3. The Balaban J connectivity index is 1.46. The van der Waals surface area contributed by atoms with Gasteiger partial charge in [-0.25, -0.2) is 4.98 Å². The van der Waals surface area contributed by atoms with Crippen molar-refractivity contribution in [2.24, 2.45) is 4.99 Å². The number of guanidine groups is 1. The van der Waals surface area contributed by atoms with E-state index in [-0.39, 0.29) is 0 Å². The van der Waals surface area contributed by atoms with E-state index >= 15 is 0 Å². The molecule has 1 aromatic carbocycles. The summed E-state index contributed by atoms with van der Waals surface area (Å²) in [6.07, 6.45) is 5.77. The lowest BCUT2D eigenvalue weighted by Crippen LogP contribution is -2.42. The highest BCUT2D eigenvalue weighted by Crippen LogP contribution is 2.16. The normalized spacial score (nSPS) is 15.2. The molecule has 0 radical (unpaired) electrons. The number of aromatic nitrogens is 1. The fourth-order valence-corrected chi connectivity index (χ4v) is 3.33. The molecule has 1 aliphatic heterocycles. The highest BCUT2D eigenvalue weighted by Gasteiger charge is 2.10. The first kappa shape index (κ1) is 20.1. The number of ether oxygens (including phenoxy) is 1. The quantitative estimate of drug-likeness (QED) is 0.544. The van der Waals surface area contributed by atoms with E-state index < -0.39 is 0 Å². The smallest absolute Gasteiger partial charge is 0.218 e. The van der Waals surface area contributed by atoms with Crippen LogP contribution in [0.4, 0.5) is 0 Å². The van der Waals surface area contributed by atoms with Crippen LogP contribution in [-0.4, -0.2) is 49.1 Å². The number of aliphatic imine (C=N–C) groups is 1. The average molecular weight is 382 g/mol. The van der Waals surface area contributed by atoms with E-state index in [2.05, 4.69) is 37.6 Å². The van der Waals surface area contributed by atoms with Gasteiger partial charge >= 0.3 is 0 Å². The van der Waals surface area contributed by atoms with E-state index in [1.807, 2.05) is 30.3 Å². The number of likely N-dealkylation sites (tertiary alicyclic amines) is 1. The van der Waals surface area contributed by atoms with Crippen LogP contribution in [0.25, 0.3) is 0 Å². The first-order valence-corrected chi connectivity index (χ1v) is 10.1. The minimum Gasteiger partial charge on any atom is -0.473 e. The summed E-state index contributed by atoms with van der Waals surface area (Å²) in [4.78, 5) is 11.2. The Hall–Kier alpha value is -2.60. The van der Waals surface area contributed by atoms with Gasteiger partial charge < -0.3 is 20.3 Å². The second-order valence-electron chi connectivity index (χ2n) is 7.00. The van der Waals surface area contributed by atoms with Crippen LogP contribution >= 0.6 is 0 Å². The molecule has 0 spiro atoms. The van der Waals surface area contributed by atoms with Crippen LogP contribution in [0.3, 0.4) is 0 Å². The molecule has 28 heavy (non-hydrogen) atoms. The van der Waals surface area contributed by atoms with E-state index in [0.717, 1.165) is 30.2 Å². The Morgan fingerprint density at radius 3 is 2.68 bits per heavy atom. The molecule has 2 heterocycles. The van der Waals surface area contributed by atoms with Gasteiger partial charge in [-0.3, -0.25) is 4.99 Å². The van der Waals surface area contributed by atoms with Gasteiger partial charge in [-0.05, 0) is 37.6 Å². The summed E-state index contributed by atoms with van der Waals surface area (Å²) < 4.78 is 5.93. The molecule has 0 atom stereocenters. The number of rotatable bonds is 8. The third-order valence-electron chi connectivity index (χ3n) is 4.91. The molecule has 150 valence electrons. The predicted octanol–water partition coefficient (Wildman–Crippen LogP) is 2.81. The highest BCUT2D eigenvalue weighted by atomic mass is 16.5. The summed E-state index contributed by atoms with van der Waals surface area (Å²) in [5.74, 6) is 1.46. The molecule has 1 aliphatic rings. The van der Waals surface area contributed by atoms with E-state index in [0.29, 0.717) is 19.0 Å².